The third kappa shape index (κ3) is 2.46. The Balaban J connectivity index is 1.72. The monoisotopic (exact) mass is 270 g/mol. The molecular weight excluding hydrogens is 252 g/mol. The molecule has 0 saturated heterocycles. The number of hydrogen-bond acceptors (Lipinski definition) is 3. The molecule has 0 fully saturated rings. The van der Waals surface area contributed by atoms with E-state index in [-0.39, 0.29) is 5.78 Å². The van der Waals surface area contributed by atoms with Gasteiger partial charge < -0.3 is 9.30 Å². The standard InChI is InChI=1S/C16H18N2O2/c1-12-13-3-2-4-15(19)14(13)5-6-16(12)20-10-9-18-8-7-17-11-18/h5-8,11H,2-4,9-10H2,1H3. The van der Waals surface area contributed by atoms with Crippen LogP contribution < -0.4 is 4.74 Å². The molecule has 0 saturated carbocycles. The van der Waals surface area contributed by atoms with Gasteiger partial charge in [-0.1, -0.05) is 0 Å². The van der Waals surface area contributed by atoms with E-state index < -0.39 is 0 Å². The Bertz CT molecular complexity index is 618. The van der Waals surface area contributed by atoms with Gasteiger partial charge >= 0.3 is 0 Å². The van der Waals surface area contributed by atoms with Crippen molar-refractivity contribution in [3.05, 3.63) is 47.5 Å². The van der Waals surface area contributed by atoms with Crippen molar-refractivity contribution < 1.29 is 9.53 Å². The van der Waals surface area contributed by atoms with Crippen LogP contribution in [0.5, 0.6) is 5.75 Å². The Morgan fingerprint density at radius 1 is 1.35 bits per heavy atom. The Labute approximate surface area is 118 Å². The first-order chi connectivity index (χ1) is 9.75. The Kier molecular flexibility index (Phi) is 3.54. The van der Waals surface area contributed by atoms with E-state index in [1.165, 1.54) is 5.56 Å². The van der Waals surface area contributed by atoms with Gasteiger partial charge in [-0.25, -0.2) is 4.98 Å². The number of fused-ring (bicyclic) bond motifs is 1. The zero-order valence-electron chi connectivity index (χ0n) is 11.6. The molecule has 1 aromatic heterocycles. The van der Waals surface area contributed by atoms with Gasteiger partial charge in [-0.2, -0.15) is 0 Å². The van der Waals surface area contributed by atoms with E-state index in [0.717, 1.165) is 36.3 Å². The van der Waals surface area contributed by atoms with Crippen molar-refractivity contribution >= 4 is 5.78 Å². The molecule has 0 atom stereocenters. The van der Waals surface area contributed by atoms with E-state index in [2.05, 4.69) is 4.98 Å². The number of carbonyl (C=O) groups is 1. The van der Waals surface area contributed by atoms with E-state index in [9.17, 15) is 4.79 Å². The molecule has 0 spiro atoms. The highest BCUT2D eigenvalue weighted by molar-refractivity contribution is 5.99. The summed E-state index contributed by atoms with van der Waals surface area (Å²) in [5, 5.41) is 0. The lowest BCUT2D eigenvalue weighted by atomic mass is 9.87. The van der Waals surface area contributed by atoms with Crippen LogP contribution in [-0.2, 0) is 13.0 Å². The molecule has 0 radical (unpaired) electrons. The van der Waals surface area contributed by atoms with E-state index in [4.69, 9.17) is 4.74 Å². The highest BCUT2D eigenvalue weighted by Crippen LogP contribution is 2.30. The fraction of sp³-hybridized carbons (Fsp3) is 0.375. The van der Waals surface area contributed by atoms with Crippen LogP contribution in [0, 0.1) is 6.92 Å². The van der Waals surface area contributed by atoms with Crippen LogP contribution in [-0.4, -0.2) is 21.9 Å². The molecule has 0 aliphatic heterocycles. The third-order valence-corrected chi connectivity index (χ3v) is 3.85. The maximum absolute atomic E-state index is 11.9. The minimum Gasteiger partial charge on any atom is -0.491 e. The van der Waals surface area contributed by atoms with Gasteiger partial charge in [-0.15, -0.1) is 0 Å². The highest BCUT2D eigenvalue weighted by atomic mass is 16.5. The minimum absolute atomic E-state index is 0.263. The van der Waals surface area contributed by atoms with Gasteiger partial charge in [0, 0.05) is 24.4 Å². The molecule has 2 aromatic rings. The Morgan fingerprint density at radius 3 is 3.05 bits per heavy atom. The van der Waals surface area contributed by atoms with Gasteiger partial charge in [0.25, 0.3) is 0 Å². The summed E-state index contributed by atoms with van der Waals surface area (Å²) in [6.07, 6.45) is 8.06. The fourth-order valence-corrected chi connectivity index (χ4v) is 2.72. The quantitative estimate of drug-likeness (QED) is 0.858. The van der Waals surface area contributed by atoms with Crippen LogP contribution in [0.3, 0.4) is 0 Å². The predicted molar refractivity (Wildman–Crippen MR) is 76.2 cm³/mol. The van der Waals surface area contributed by atoms with Gasteiger partial charge in [0.15, 0.2) is 5.78 Å². The number of Topliss-reactive ketones (excluding diaryl/α,β-unsaturated/α-hetero) is 1. The van der Waals surface area contributed by atoms with Crippen LogP contribution in [0.4, 0.5) is 0 Å². The summed E-state index contributed by atoms with van der Waals surface area (Å²) >= 11 is 0. The molecule has 104 valence electrons. The van der Waals surface area contributed by atoms with Crippen LogP contribution in [0.15, 0.2) is 30.9 Å². The lowest BCUT2D eigenvalue weighted by Gasteiger charge is -2.19. The number of ketones is 1. The maximum atomic E-state index is 11.9. The summed E-state index contributed by atoms with van der Waals surface area (Å²) in [5.41, 5.74) is 3.17. The smallest absolute Gasteiger partial charge is 0.163 e. The van der Waals surface area contributed by atoms with Crippen LogP contribution in [0.25, 0.3) is 0 Å². The normalized spacial score (nSPS) is 14.2. The second-order valence-corrected chi connectivity index (χ2v) is 5.14. The van der Waals surface area contributed by atoms with Crippen molar-refractivity contribution in [2.75, 3.05) is 6.61 Å². The first-order valence-electron chi connectivity index (χ1n) is 7.00. The molecule has 1 aliphatic carbocycles. The molecule has 1 heterocycles. The molecular formula is C16H18N2O2. The summed E-state index contributed by atoms with van der Waals surface area (Å²) in [6.45, 7) is 3.42. The molecule has 20 heavy (non-hydrogen) atoms. The predicted octanol–water partition coefficient (Wildman–Crippen LogP) is 2.79. The Morgan fingerprint density at radius 2 is 2.25 bits per heavy atom. The van der Waals surface area contributed by atoms with Gasteiger partial charge in [-0.05, 0) is 43.0 Å². The number of benzene rings is 1. The van der Waals surface area contributed by atoms with E-state index >= 15 is 0 Å². The summed E-state index contributed by atoms with van der Waals surface area (Å²) in [4.78, 5) is 15.9. The summed E-state index contributed by atoms with van der Waals surface area (Å²) < 4.78 is 7.83. The molecule has 0 amide bonds. The van der Waals surface area contributed by atoms with Crippen LogP contribution >= 0.6 is 0 Å². The summed E-state index contributed by atoms with van der Waals surface area (Å²) in [5.74, 6) is 1.15. The van der Waals surface area contributed by atoms with E-state index in [0.29, 0.717) is 13.0 Å². The summed E-state index contributed by atoms with van der Waals surface area (Å²) in [7, 11) is 0. The molecule has 1 aromatic carbocycles. The summed E-state index contributed by atoms with van der Waals surface area (Å²) in [6, 6.07) is 3.83. The van der Waals surface area contributed by atoms with Gasteiger partial charge in [0.1, 0.15) is 12.4 Å². The van der Waals surface area contributed by atoms with E-state index in [1.54, 1.807) is 12.5 Å². The second kappa shape index (κ2) is 5.49. The number of ether oxygens (including phenoxy) is 1. The first kappa shape index (κ1) is 12.9. The van der Waals surface area contributed by atoms with Crippen molar-refractivity contribution in [2.45, 2.75) is 32.7 Å². The number of hydrogen-bond donors (Lipinski definition) is 0. The molecule has 3 rings (SSSR count). The number of carbonyl (C=O) groups excluding carboxylic acids is 1. The number of nitrogens with zero attached hydrogens (tertiary/aromatic N) is 2. The van der Waals surface area contributed by atoms with Crippen molar-refractivity contribution in [1.29, 1.82) is 0 Å². The zero-order valence-corrected chi connectivity index (χ0v) is 11.6. The average molecular weight is 270 g/mol. The topological polar surface area (TPSA) is 44.1 Å². The van der Waals surface area contributed by atoms with Crippen LogP contribution in [0.1, 0.15) is 34.3 Å². The van der Waals surface area contributed by atoms with Gasteiger partial charge in [-0.3, -0.25) is 4.79 Å². The Hall–Kier alpha value is -2.10. The third-order valence-electron chi connectivity index (χ3n) is 3.85. The molecule has 0 bridgehead atoms. The maximum Gasteiger partial charge on any atom is 0.163 e. The molecule has 4 heteroatoms. The number of imidazole rings is 1. The lowest BCUT2D eigenvalue weighted by molar-refractivity contribution is 0.0972. The van der Waals surface area contributed by atoms with Crippen molar-refractivity contribution in [3.8, 4) is 5.75 Å². The van der Waals surface area contributed by atoms with Crippen molar-refractivity contribution in [1.82, 2.24) is 9.55 Å². The van der Waals surface area contributed by atoms with Crippen molar-refractivity contribution in [3.63, 3.8) is 0 Å². The van der Waals surface area contributed by atoms with Gasteiger partial charge in [0.2, 0.25) is 0 Å². The lowest BCUT2D eigenvalue weighted by Crippen LogP contribution is -2.14. The fourth-order valence-electron chi connectivity index (χ4n) is 2.72. The zero-order chi connectivity index (χ0) is 13.9. The van der Waals surface area contributed by atoms with E-state index in [1.807, 2.05) is 29.8 Å². The average Bonchev–Trinajstić information content (AvgIpc) is 2.95. The molecule has 4 nitrogen and oxygen atoms in total. The molecule has 0 N–H and O–H groups in total. The first-order valence-corrected chi connectivity index (χ1v) is 7.00. The van der Waals surface area contributed by atoms with Gasteiger partial charge in [0.05, 0.1) is 12.9 Å². The molecule has 0 unspecified atom stereocenters. The second-order valence-electron chi connectivity index (χ2n) is 5.14. The largest absolute Gasteiger partial charge is 0.491 e. The van der Waals surface area contributed by atoms with Crippen LogP contribution in [0.2, 0.25) is 0 Å². The number of aromatic nitrogens is 2. The highest BCUT2D eigenvalue weighted by Gasteiger charge is 2.20. The van der Waals surface area contributed by atoms with Crippen molar-refractivity contribution in [2.24, 2.45) is 0 Å². The minimum atomic E-state index is 0.263. The molecule has 1 aliphatic rings. The number of rotatable bonds is 4. The SMILES string of the molecule is Cc1c(OCCn2ccnc2)ccc2c1CCCC2=O.